The van der Waals surface area contributed by atoms with E-state index in [2.05, 4.69) is 10.1 Å². The summed E-state index contributed by atoms with van der Waals surface area (Å²) in [7, 11) is 0. The summed E-state index contributed by atoms with van der Waals surface area (Å²) in [5, 5.41) is 2.41. The van der Waals surface area contributed by atoms with Crippen LogP contribution in [-0.2, 0) is 4.74 Å². The van der Waals surface area contributed by atoms with E-state index in [-0.39, 0.29) is 17.9 Å². The summed E-state index contributed by atoms with van der Waals surface area (Å²) in [6.07, 6.45) is -4.36. The Labute approximate surface area is 112 Å². The predicted octanol–water partition coefficient (Wildman–Crippen LogP) is 2.62. The molecule has 0 bridgehead atoms. The summed E-state index contributed by atoms with van der Waals surface area (Å²) in [5.41, 5.74) is 5.86. The van der Waals surface area contributed by atoms with Crippen LogP contribution in [0.15, 0.2) is 24.3 Å². The third-order valence-corrected chi connectivity index (χ3v) is 2.74. The van der Waals surface area contributed by atoms with Crippen molar-refractivity contribution >= 4 is 11.8 Å². The summed E-state index contributed by atoms with van der Waals surface area (Å²) in [6, 6.07) is 4.83. The molecule has 8 heteroatoms. The van der Waals surface area contributed by atoms with E-state index in [1.54, 1.807) is 0 Å². The fraction of sp³-hybridized carbons (Fsp3) is 0.417. The molecule has 1 aromatic carbocycles. The molecule has 2 rings (SSSR count). The predicted molar refractivity (Wildman–Crippen MR) is 64.2 cm³/mol. The quantitative estimate of drug-likeness (QED) is 0.897. The van der Waals surface area contributed by atoms with Crippen LogP contribution >= 0.6 is 0 Å². The van der Waals surface area contributed by atoms with E-state index < -0.39 is 12.5 Å². The highest BCUT2D eigenvalue weighted by atomic mass is 19.4. The van der Waals surface area contributed by atoms with Crippen LogP contribution in [0, 0.1) is 0 Å². The van der Waals surface area contributed by atoms with Gasteiger partial charge < -0.3 is 15.2 Å². The van der Waals surface area contributed by atoms with Crippen LogP contribution in [-0.4, -0.2) is 24.6 Å². The van der Waals surface area contributed by atoms with Gasteiger partial charge in [-0.25, -0.2) is 4.79 Å². The Kier molecular flexibility index (Phi) is 4.03. The zero-order valence-electron chi connectivity index (χ0n) is 10.3. The zero-order valence-corrected chi connectivity index (χ0v) is 10.3. The number of nitrogens with two attached hydrogens (primary N) is 1. The topological polar surface area (TPSA) is 73.6 Å². The number of benzene rings is 1. The number of ether oxygens (including phenoxy) is 2. The summed E-state index contributed by atoms with van der Waals surface area (Å²) in [4.78, 5) is 11.5. The van der Waals surface area contributed by atoms with Gasteiger partial charge in [0.25, 0.3) is 0 Å². The Balaban J connectivity index is 1.82. The van der Waals surface area contributed by atoms with Crippen molar-refractivity contribution in [1.29, 1.82) is 0 Å². The zero-order chi connectivity index (χ0) is 14.8. The molecule has 5 nitrogen and oxygen atoms in total. The minimum absolute atomic E-state index is 0.0617. The van der Waals surface area contributed by atoms with E-state index >= 15 is 0 Å². The van der Waals surface area contributed by atoms with Crippen molar-refractivity contribution in [3.05, 3.63) is 24.3 Å². The SMILES string of the molecule is NC1CC(OC(=O)Nc2ccc(OC(F)(F)F)cc2)C1. The number of halogens is 3. The molecule has 1 fully saturated rings. The smallest absolute Gasteiger partial charge is 0.446 e. The first-order chi connectivity index (χ1) is 9.32. The first-order valence-electron chi connectivity index (χ1n) is 5.91. The number of rotatable bonds is 3. The van der Waals surface area contributed by atoms with E-state index in [4.69, 9.17) is 10.5 Å². The van der Waals surface area contributed by atoms with E-state index in [0.29, 0.717) is 18.5 Å². The summed E-state index contributed by atoms with van der Waals surface area (Å²) in [6.45, 7) is 0. The highest BCUT2D eigenvalue weighted by Gasteiger charge is 2.31. The summed E-state index contributed by atoms with van der Waals surface area (Å²) < 4.78 is 44.6. The molecule has 0 saturated heterocycles. The first kappa shape index (κ1) is 14.4. The van der Waals surface area contributed by atoms with Crippen LogP contribution < -0.4 is 15.8 Å². The second-order valence-corrected chi connectivity index (χ2v) is 4.46. The molecule has 1 aliphatic rings. The molecule has 110 valence electrons. The average Bonchev–Trinajstić information content (AvgIpc) is 2.28. The van der Waals surface area contributed by atoms with Crippen molar-refractivity contribution in [1.82, 2.24) is 0 Å². The molecule has 0 atom stereocenters. The molecule has 0 heterocycles. The van der Waals surface area contributed by atoms with Crippen molar-refractivity contribution in [2.75, 3.05) is 5.32 Å². The molecule has 0 unspecified atom stereocenters. The van der Waals surface area contributed by atoms with Crippen LogP contribution in [0.4, 0.5) is 23.7 Å². The number of nitrogens with one attached hydrogen (secondary N) is 1. The maximum atomic E-state index is 12.0. The van der Waals surface area contributed by atoms with Crippen LogP contribution in [0.5, 0.6) is 5.75 Å². The lowest BCUT2D eigenvalue weighted by atomic mass is 9.90. The third kappa shape index (κ3) is 4.30. The molecule has 0 aromatic heterocycles. The van der Waals surface area contributed by atoms with Gasteiger partial charge in [0.2, 0.25) is 0 Å². The molecular formula is C12H13F3N2O3. The van der Waals surface area contributed by atoms with Gasteiger partial charge in [0.15, 0.2) is 0 Å². The minimum Gasteiger partial charge on any atom is -0.446 e. The summed E-state index contributed by atoms with van der Waals surface area (Å²) >= 11 is 0. The first-order valence-corrected chi connectivity index (χ1v) is 5.91. The number of hydrogen-bond acceptors (Lipinski definition) is 4. The van der Waals surface area contributed by atoms with Gasteiger partial charge in [0, 0.05) is 11.7 Å². The van der Waals surface area contributed by atoms with E-state index in [9.17, 15) is 18.0 Å². The Bertz CT molecular complexity index is 470. The normalized spacial score (nSPS) is 21.8. The molecule has 0 aliphatic heterocycles. The molecule has 0 radical (unpaired) electrons. The van der Waals surface area contributed by atoms with E-state index in [0.717, 1.165) is 12.1 Å². The summed E-state index contributed by atoms with van der Waals surface area (Å²) in [5.74, 6) is -0.360. The lowest BCUT2D eigenvalue weighted by Crippen LogP contribution is -2.43. The van der Waals surface area contributed by atoms with Crippen molar-refractivity contribution in [3.63, 3.8) is 0 Å². The van der Waals surface area contributed by atoms with Gasteiger partial charge in [-0.15, -0.1) is 13.2 Å². The maximum Gasteiger partial charge on any atom is 0.573 e. The molecule has 20 heavy (non-hydrogen) atoms. The highest BCUT2D eigenvalue weighted by Crippen LogP contribution is 2.25. The lowest BCUT2D eigenvalue weighted by Gasteiger charge is -2.31. The standard InChI is InChI=1S/C12H13F3N2O3/c13-12(14,15)20-9-3-1-8(2-4-9)17-11(18)19-10-5-7(16)6-10/h1-4,7,10H,5-6,16H2,(H,17,18). The minimum atomic E-state index is -4.74. The Hall–Kier alpha value is -1.96. The molecule has 3 N–H and O–H groups in total. The van der Waals surface area contributed by atoms with Gasteiger partial charge in [-0.3, -0.25) is 5.32 Å². The second-order valence-electron chi connectivity index (χ2n) is 4.46. The number of amides is 1. The number of anilines is 1. The maximum absolute atomic E-state index is 12.0. The molecule has 1 amide bonds. The van der Waals surface area contributed by atoms with E-state index in [1.165, 1.54) is 12.1 Å². The number of carbonyl (C=O) groups is 1. The van der Waals surface area contributed by atoms with Gasteiger partial charge in [-0.05, 0) is 37.1 Å². The van der Waals surface area contributed by atoms with Crippen molar-refractivity contribution in [3.8, 4) is 5.75 Å². The monoisotopic (exact) mass is 290 g/mol. The molecule has 1 aromatic rings. The van der Waals surface area contributed by atoms with Crippen LogP contribution in [0.3, 0.4) is 0 Å². The number of carbonyl (C=O) groups excluding carboxylic acids is 1. The van der Waals surface area contributed by atoms with Crippen LogP contribution in [0.2, 0.25) is 0 Å². The third-order valence-electron chi connectivity index (χ3n) is 2.74. The second kappa shape index (κ2) is 5.58. The van der Waals surface area contributed by atoms with Gasteiger partial charge >= 0.3 is 12.5 Å². The fourth-order valence-electron chi connectivity index (χ4n) is 1.74. The Morgan fingerprint density at radius 2 is 1.85 bits per heavy atom. The largest absolute Gasteiger partial charge is 0.573 e. The molecule has 1 saturated carbocycles. The molecule has 1 aliphatic carbocycles. The number of hydrogen-bond donors (Lipinski definition) is 2. The Morgan fingerprint density at radius 3 is 2.35 bits per heavy atom. The van der Waals surface area contributed by atoms with Crippen molar-refractivity contribution in [2.24, 2.45) is 5.73 Å². The average molecular weight is 290 g/mol. The van der Waals surface area contributed by atoms with Crippen LogP contribution in [0.1, 0.15) is 12.8 Å². The molecular weight excluding hydrogens is 277 g/mol. The van der Waals surface area contributed by atoms with Gasteiger partial charge in [0.05, 0.1) is 0 Å². The van der Waals surface area contributed by atoms with E-state index in [1.807, 2.05) is 0 Å². The van der Waals surface area contributed by atoms with Crippen molar-refractivity contribution in [2.45, 2.75) is 31.3 Å². The number of alkyl halides is 3. The van der Waals surface area contributed by atoms with Crippen molar-refractivity contribution < 1.29 is 27.4 Å². The highest BCUT2D eigenvalue weighted by molar-refractivity contribution is 5.84. The van der Waals surface area contributed by atoms with Gasteiger partial charge in [0.1, 0.15) is 11.9 Å². The van der Waals surface area contributed by atoms with Gasteiger partial charge in [-0.2, -0.15) is 0 Å². The molecule has 0 spiro atoms. The van der Waals surface area contributed by atoms with Gasteiger partial charge in [-0.1, -0.05) is 0 Å². The lowest BCUT2D eigenvalue weighted by molar-refractivity contribution is -0.274. The van der Waals surface area contributed by atoms with Crippen LogP contribution in [0.25, 0.3) is 0 Å². The fourth-order valence-corrected chi connectivity index (χ4v) is 1.74. The Morgan fingerprint density at radius 1 is 1.25 bits per heavy atom.